The number of ether oxygens (including phenoxy) is 3. The van der Waals surface area contributed by atoms with Crippen LogP contribution in [0, 0.1) is 28.1 Å². The van der Waals surface area contributed by atoms with Gasteiger partial charge in [0.1, 0.15) is 5.60 Å². The predicted octanol–water partition coefficient (Wildman–Crippen LogP) is 3.72. The first kappa shape index (κ1) is 30.1. The van der Waals surface area contributed by atoms with E-state index in [2.05, 4.69) is 13.8 Å². The van der Waals surface area contributed by atoms with E-state index in [9.17, 15) is 29.1 Å². The quantitative estimate of drug-likeness (QED) is 0.354. The molecule has 2 amide bonds. The van der Waals surface area contributed by atoms with E-state index >= 15 is 0 Å². The number of hydrogen-bond donors (Lipinski definition) is 1. The van der Waals surface area contributed by atoms with Gasteiger partial charge in [0.15, 0.2) is 24.3 Å². The average molecular weight is 600 g/mol. The zero-order chi connectivity index (χ0) is 31.2. The van der Waals surface area contributed by atoms with Crippen LogP contribution >= 0.6 is 0 Å². The Bertz CT molecular complexity index is 1340. The Morgan fingerprint density at radius 3 is 2.42 bits per heavy atom. The second kappa shape index (κ2) is 9.81. The second-order valence-corrected chi connectivity index (χ2v) is 14.1. The van der Waals surface area contributed by atoms with E-state index < -0.39 is 70.2 Å². The molecule has 0 aromatic heterocycles. The molecule has 0 radical (unpaired) electrons. The summed E-state index contributed by atoms with van der Waals surface area (Å²) in [6.45, 7) is 9.41. The van der Waals surface area contributed by atoms with Crippen LogP contribution in [0.5, 0.6) is 0 Å². The summed E-state index contributed by atoms with van der Waals surface area (Å²) in [6, 6.07) is 0. The molecule has 5 fully saturated rings. The molecular formula is C32H41NO10. The monoisotopic (exact) mass is 599 g/mol. The molecule has 234 valence electrons. The Morgan fingerprint density at radius 2 is 1.74 bits per heavy atom. The summed E-state index contributed by atoms with van der Waals surface area (Å²) < 4.78 is 18.4. The normalized spacial score (nSPS) is 44.8. The first-order valence-corrected chi connectivity index (χ1v) is 15.4. The maximum absolute atomic E-state index is 14.4. The molecular weight excluding hydrogens is 558 g/mol. The maximum atomic E-state index is 14.4. The van der Waals surface area contributed by atoms with Crippen molar-refractivity contribution in [1.29, 1.82) is 0 Å². The number of aliphatic hydroxyl groups is 1. The van der Waals surface area contributed by atoms with Crippen LogP contribution in [0.4, 0.5) is 4.79 Å². The van der Waals surface area contributed by atoms with Gasteiger partial charge in [0, 0.05) is 29.6 Å². The van der Waals surface area contributed by atoms with Gasteiger partial charge in [-0.1, -0.05) is 50.8 Å². The Morgan fingerprint density at radius 1 is 1.05 bits per heavy atom. The Balaban J connectivity index is 1.34. The summed E-state index contributed by atoms with van der Waals surface area (Å²) >= 11 is 0. The number of allylic oxidation sites excluding steroid dienone is 4. The summed E-state index contributed by atoms with van der Waals surface area (Å²) in [6.07, 6.45) is 5.75. The lowest BCUT2D eigenvalue weighted by atomic mass is 9.40. The van der Waals surface area contributed by atoms with Crippen molar-refractivity contribution in [2.24, 2.45) is 28.1 Å². The fourth-order valence-electron chi connectivity index (χ4n) is 10.2. The predicted molar refractivity (Wildman–Crippen MR) is 149 cm³/mol. The second-order valence-electron chi connectivity index (χ2n) is 14.1. The summed E-state index contributed by atoms with van der Waals surface area (Å²) in [5, 5.41) is 12.4. The van der Waals surface area contributed by atoms with Crippen LogP contribution in [0.1, 0.15) is 86.0 Å². The Labute approximate surface area is 250 Å². The van der Waals surface area contributed by atoms with E-state index in [-0.39, 0.29) is 36.9 Å². The van der Waals surface area contributed by atoms with Crippen LogP contribution in [0.15, 0.2) is 23.8 Å². The van der Waals surface area contributed by atoms with Crippen molar-refractivity contribution in [1.82, 2.24) is 5.06 Å². The topological polar surface area (TPSA) is 146 Å². The number of rotatable bonds is 6. The SMILES string of the molecule is CCCC1O[C@]2(C)C[C@@H]3C(C)(C[C@H](O)[C@H]4[C@@]3(C)CCC3=CC(=O)C=C[C@@]34C)[C@]2(C(=O)COC(=O)ON2C(=O)CCC2=O)O1. The van der Waals surface area contributed by atoms with Crippen molar-refractivity contribution in [3.05, 3.63) is 23.8 Å². The molecule has 0 aromatic carbocycles. The minimum Gasteiger partial charge on any atom is -0.425 e. The number of carbonyl (C=O) groups excluding carboxylic acids is 5. The number of nitrogens with zero attached hydrogens (tertiary/aromatic N) is 1. The van der Waals surface area contributed by atoms with Gasteiger partial charge < -0.3 is 19.3 Å². The van der Waals surface area contributed by atoms with Gasteiger partial charge in [-0.15, -0.1) is 0 Å². The van der Waals surface area contributed by atoms with E-state index in [4.69, 9.17) is 19.0 Å². The van der Waals surface area contributed by atoms with Gasteiger partial charge in [-0.25, -0.2) is 4.79 Å². The zero-order valence-electron chi connectivity index (χ0n) is 25.5. The molecule has 11 nitrogen and oxygen atoms in total. The van der Waals surface area contributed by atoms with Gasteiger partial charge in [-0.2, -0.15) is 0 Å². The highest BCUT2D eigenvalue weighted by molar-refractivity contribution is 6.02. The maximum Gasteiger partial charge on any atom is 0.534 e. The number of ketones is 2. The molecule has 2 heterocycles. The number of hydrogen-bond acceptors (Lipinski definition) is 10. The van der Waals surface area contributed by atoms with Crippen LogP contribution in [0.3, 0.4) is 0 Å². The van der Waals surface area contributed by atoms with Crippen LogP contribution in [-0.4, -0.2) is 69.9 Å². The molecule has 2 unspecified atom stereocenters. The molecule has 43 heavy (non-hydrogen) atoms. The molecule has 9 atom stereocenters. The molecule has 2 aliphatic heterocycles. The van der Waals surface area contributed by atoms with Crippen molar-refractivity contribution in [2.75, 3.05) is 6.61 Å². The minimum atomic E-state index is -1.55. The fraction of sp³-hybridized carbons (Fsp3) is 0.719. The third-order valence-corrected chi connectivity index (χ3v) is 11.7. The van der Waals surface area contributed by atoms with E-state index in [1.807, 2.05) is 26.8 Å². The lowest BCUT2D eigenvalue weighted by molar-refractivity contribution is -0.220. The molecule has 6 aliphatic rings. The van der Waals surface area contributed by atoms with E-state index in [0.29, 0.717) is 24.3 Å². The largest absolute Gasteiger partial charge is 0.534 e. The number of imide groups is 1. The van der Waals surface area contributed by atoms with E-state index in [0.717, 1.165) is 18.4 Å². The van der Waals surface area contributed by atoms with Gasteiger partial charge in [-0.05, 0) is 62.5 Å². The standard InChI is InChI=1S/C32H41NO10/c1-6-7-25-41-31(5)16-21-29(3)12-10-18-14-19(34)11-13-28(18,2)26(29)20(35)15-30(21,4)32(31,42-25)22(36)17-40-27(39)43-33-23(37)8-9-24(33)38/h11,13-14,20-21,25-26,35H,6-10,12,15-17H2,1-5H3/t20-,21-,25?,26+,28-,29-,30?,31+,32-/m0/s1. The molecule has 0 bridgehead atoms. The summed E-state index contributed by atoms with van der Waals surface area (Å²) in [5.41, 5.74) is -3.45. The van der Waals surface area contributed by atoms with Crippen LogP contribution in [0.25, 0.3) is 0 Å². The number of aliphatic hydroxyl groups excluding tert-OH is 1. The van der Waals surface area contributed by atoms with E-state index in [1.165, 1.54) is 0 Å². The van der Waals surface area contributed by atoms with Crippen LogP contribution in [-0.2, 0) is 38.2 Å². The smallest absolute Gasteiger partial charge is 0.425 e. The highest BCUT2D eigenvalue weighted by Gasteiger charge is 2.82. The molecule has 4 aliphatic carbocycles. The summed E-state index contributed by atoms with van der Waals surface area (Å²) in [7, 11) is 0. The summed E-state index contributed by atoms with van der Waals surface area (Å²) in [5.74, 6) is -2.19. The van der Waals surface area contributed by atoms with E-state index in [1.54, 1.807) is 12.2 Å². The average Bonchev–Trinajstić information content (AvgIpc) is 3.48. The number of fused-ring (bicyclic) bond motifs is 7. The lowest BCUT2D eigenvalue weighted by Crippen LogP contribution is -2.67. The van der Waals surface area contributed by atoms with Crippen LogP contribution < -0.4 is 0 Å². The van der Waals surface area contributed by atoms with Crippen molar-refractivity contribution >= 4 is 29.5 Å². The van der Waals surface area contributed by atoms with Crippen molar-refractivity contribution in [2.45, 2.75) is 110 Å². The zero-order valence-corrected chi connectivity index (χ0v) is 25.5. The number of carbonyl (C=O) groups is 5. The molecule has 2 saturated heterocycles. The fourth-order valence-corrected chi connectivity index (χ4v) is 10.2. The van der Waals surface area contributed by atoms with Crippen molar-refractivity contribution < 1.29 is 48.1 Å². The minimum absolute atomic E-state index is 0.0422. The van der Waals surface area contributed by atoms with Crippen LogP contribution in [0.2, 0.25) is 0 Å². The molecule has 1 N–H and O–H groups in total. The Hall–Kier alpha value is -2.89. The number of amides is 2. The van der Waals surface area contributed by atoms with Gasteiger partial charge in [0.25, 0.3) is 11.8 Å². The van der Waals surface area contributed by atoms with Gasteiger partial charge >= 0.3 is 6.16 Å². The first-order chi connectivity index (χ1) is 20.1. The van der Waals surface area contributed by atoms with Gasteiger partial charge in [0.05, 0.1) is 6.10 Å². The third-order valence-electron chi connectivity index (χ3n) is 11.7. The third kappa shape index (κ3) is 4.00. The molecule has 0 aromatic rings. The lowest BCUT2D eigenvalue weighted by Gasteiger charge is -2.64. The highest BCUT2D eigenvalue weighted by Crippen LogP contribution is 2.76. The number of Topliss-reactive ketones (excluding diaryl/α,β-unsaturated/α-hetero) is 1. The molecule has 0 spiro atoms. The van der Waals surface area contributed by atoms with Crippen molar-refractivity contribution in [3.8, 4) is 0 Å². The summed E-state index contributed by atoms with van der Waals surface area (Å²) in [4.78, 5) is 67.7. The molecule has 11 heteroatoms. The highest BCUT2D eigenvalue weighted by atomic mass is 16.8. The van der Waals surface area contributed by atoms with Crippen molar-refractivity contribution in [3.63, 3.8) is 0 Å². The molecule has 3 saturated carbocycles. The first-order valence-electron chi connectivity index (χ1n) is 15.4. The number of hydroxylamine groups is 2. The molecule has 6 rings (SSSR count). The van der Waals surface area contributed by atoms with Gasteiger partial charge in [0.2, 0.25) is 5.78 Å². The Kier molecular flexibility index (Phi) is 6.88. The van der Waals surface area contributed by atoms with Gasteiger partial charge in [-0.3, -0.25) is 24.0 Å².